The molecule has 0 N–H and O–H groups in total. The summed E-state index contributed by atoms with van der Waals surface area (Å²) >= 11 is 0. The zero-order chi connectivity index (χ0) is 11.1. The van der Waals surface area contributed by atoms with E-state index in [1.54, 1.807) is 6.92 Å². The maximum atomic E-state index is 11.2. The van der Waals surface area contributed by atoms with Crippen LogP contribution in [0, 0.1) is 0 Å². The lowest BCUT2D eigenvalue weighted by Gasteiger charge is -2.26. The number of carbonyl (C=O) groups excluding carboxylic acids is 1. The fraction of sp³-hybridized carbons (Fsp3) is 0.909. The van der Waals surface area contributed by atoms with Crippen LogP contribution in [-0.2, 0) is 4.79 Å². The van der Waals surface area contributed by atoms with Gasteiger partial charge in [0.05, 0.1) is 6.04 Å². The molecular weight excluding hydrogens is 176 g/mol. The van der Waals surface area contributed by atoms with Gasteiger partial charge in [-0.3, -0.25) is 9.69 Å². The minimum absolute atomic E-state index is 0.0714. The molecule has 3 heteroatoms. The monoisotopic (exact) mass is 200 g/mol. The van der Waals surface area contributed by atoms with Gasteiger partial charge in [0, 0.05) is 6.54 Å². The van der Waals surface area contributed by atoms with Gasteiger partial charge in [-0.25, -0.2) is 0 Å². The number of likely N-dealkylation sites (N-methyl/N-ethyl adjacent to an activating group) is 1. The fourth-order valence-electron chi connectivity index (χ4n) is 1.47. The number of hydrogen-bond acceptors (Lipinski definition) is 3. The van der Waals surface area contributed by atoms with Crippen molar-refractivity contribution in [3.63, 3.8) is 0 Å². The maximum Gasteiger partial charge on any atom is 0.146 e. The van der Waals surface area contributed by atoms with Gasteiger partial charge in [-0.15, -0.1) is 0 Å². The molecule has 0 aliphatic carbocycles. The third-order valence-corrected chi connectivity index (χ3v) is 2.59. The van der Waals surface area contributed by atoms with Crippen molar-refractivity contribution in [2.45, 2.75) is 33.2 Å². The van der Waals surface area contributed by atoms with E-state index in [2.05, 4.69) is 30.8 Å². The third-order valence-electron chi connectivity index (χ3n) is 2.59. The lowest BCUT2D eigenvalue weighted by Crippen LogP contribution is -2.39. The Bertz CT molecular complexity index is 169. The van der Waals surface area contributed by atoms with Crippen LogP contribution in [0.1, 0.15) is 27.2 Å². The van der Waals surface area contributed by atoms with Crippen molar-refractivity contribution in [2.24, 2.45) is 0 Å². The van der Waals surface area contributed by atoms with Crippen molar-refractivity contribution < 1.29 is 4.79 Å². The summed E-state index contributed by atoms with van der Waals surface area (Å²) in [5.41, 5.74) is 0. The molecule has 0 aromatic carbocycles. The number of nitrogens with zero attached hydrogens (tertiary/aromatic N) is 2. The Balaban J connectivity index is 3.84. The van der Waals surface area contributed by atoms with E-state index in [9.17, 15) is 4.79 Å². The van der Waals surface area contributed by atoms with Crippen LogP contribution in [0.3, 0.4) is 0 Å². The Hall–Kier alpha value is -0.410. The lowest BCUT2D eigenvalue weighted by atomic mass is 10.2. The van der Waals surface area contributed by atoms with E-state index in [1.807, 2.05) is 6.92 Å². The molecule has 1 unspecified atom stereocenters. The first-order valence-corrected chi connectivity index (χ1v) is 5.38. The smallest absolute Gasteiger partial charge is 0.146 e. The number of rotatable bonds is 7. The molecule has 84 valence electrons. The average Bonchev–Trinajstić information content (AvgIpc) is 2.10. The molecule has 0 aromatic heterocycles. The van der Waals surface area contributed by atoms with Gasteiger partial charge < -0.3 is 4.90 Å². The van der Waals surface area contributed by atoms with Crippen LogP contribution in [0.5, 0.6) is 0 Å². The zero-order valence-corrected chi connectivity index (χ0v) is 10.2. The molecule has 0 aromatic rings. The summed E-state index contributed by atoms with van der Waals surface area (Å²) in [5, 5.41) is 0. The highest BCUT2D eigenvalue weighted by Crippen LogP contribution is 2.01. The first-order valence-electron chi connectivity index (χ1n) is 5.38. The van der Waals surface area contributed by atoms with Crippen LogP contribution in [-0.4, -0.2) is 55.4 Å². The quantitative estimate of drug-likeness (QED) is 0.618. The predicted molar refractivity (Wildman–Crippen MR) is 60.6 cm³/mol. The van der Waals surface area contributed by atoms with E-state index in [4.69, 9.17) is 0 Å². The summed E-state index contributed by atoms with van der Waals surface area (Å²) in [6, 6.07) is 0.0714. The maximum absolute atomic E-state index is 11.2. The summed E-state index contributed by atoms with van der Waals surface area (Å²) < 4.78 is 0. The molecule has 0 aliphatic rings. The SMILES string of the molecule is CCN(CCCN(C)C)C(C)C(C)=O. The van der Waals surface area contributed by atoms with E-state index < -0.39 is 0 Å². The van der Waals surface area contributed by atoms with E-state index >= 15 is 0 Å². The highest BCUT2D eigenvalue weighted by Gasteiger charge is 2.15. The van der Waals surface area contributed by atoms with Crippen molar-refractivity contribution in [1.82, 2.24) is 9.80 Å². The van der Waals surface area contributed by atoms with Crippen LogP contribution >= 0.6 is 0 Å². The molecule has 0 rings (SSSR count). The summed E-state index contributed by atoms with van der Waals surface area (Å²) in [7, 11) is 4.15. The van der Waals surface area contributed by atoms with E-state index in [1.165, 1.54) is 0 Å². The van der Waals surface area contributed by atoms with Gasteiger partial charge in [-0.05, 0) is 47.5 Å². The first-order chi connectivity index (χ1) is 6.49. The normalized spacial score (nSPS) is 13.6. The van der Waals surface area contributed by atoms with Crippen molar-refractivity contribution >= 4 is 5.78 Å². The van der Waals surface area contributed by atoms with Crippen molar-refractivity contribution in [3.05, 3.63) is 0 Å². The number of ketones is 1. The molecule has 0 bridgehead atoms. The Morgan fingerprint density at radius 2 is 1.86 bits per heavy atom. The van der Waals surface area contributed by atoms with Gasteiger partial charge in [-0.2, -0.15) is 0 Å². The predicted octanol–water partition coefficient (Wildman–Crippen LogP) is 1.24. The molecule has 0 saturated heterocycles. The molecule has 1 atom stereocenters. The molecule has 0 heterocycles. The second kappa shape index (κ2) is 6.96. The molecular formula is C11H24N2O. The van der Waals surface area contributed by atoms with Gasteiger partial charge in [-0.1, -0.05) is 6.92 Å². The minimum atomic E-state index is 0.0714. The second-order valence-electron chi connectivity index (χ2n) is 4.07. The Kier molecular flexibility index (Phi) is 6.75. The van der Waals surface area contributed by atoms with E-state index in [-0.39, 0.29) is 11.8 Å². The highest BCUT2D eigenvalue weighted by molar-refractivity contribution is 5.80. The molecule has 3 nitrogen and oxygen atoms in total. The Morgan fingerprint density at radius 1 is 1.29 bits per heavy atom. The summed E-state index contributed by atoms with van der Waals surface area (Å²) in [4.78, 5) is 15.6. The minimum Gasteiger partial charge on any atom is -0.309 e. The molecule has 0 spiro atoms. The first kappa shape index (κ1) is 13.6. The van der Waals surface area contributed by atoms with Crippen molar-refractivity contribution in [3.8, 4) is 0 Å². The summed E-state index contributed by atoms with van der Waals surface area (Å²) in [6.45, 7) is 8.81. The van der Waals surface area contributed by atoms with Crippen molar-refractivity contribution in [2.75, 3.05) is 33.7 Å². The van der Waals surface area contributed by atoms with Crippen LogP contribution in [0.4, 0.5) is 0 Å². The van der Waals surface area contributed by atoms with Crippen molar-refractivity contribution in [1.29, 1.82) is 0 Å². The molecule has 0 aliphatic heterocycles. The van der Waals surface area contributed by atoms with Gasteiger partial charge in [0.1, 0.15) is 5.78 Å². The van der Waals surface area contributed by atoms with Crippen LogP contribution in [0.25, 0.3) is 0 Å². The Labute approximate surface area is 88.1 Å². The van der Waals surface area contributed by atoms with Gasteiger partial charge in [0.15, 0.2) is 0 Å². The topological polar surface area (TPSA) is 23.6 Å². The number of carbonyl (C=O) groups is 1. The number of Topliss-reactive ketones (excluding diaryl/α,β-unsaturated/α-hetero) is 1. The van der Waals surface area contributed by atoms with E-state index in [0.29, 0.717) is 0 Å². The molecule has 0 fully saturated rings. The molecule has 14 heavy (non-hydrogen) atoms. The lowest BCUT2D eigenvalue weighted by molar-refractivity contribution is -0.121. The average molecular weight is 200 g/mol. The molecule has 0 saturated carbocycles. The van der Waals surface area contributed by atoms with Gasteiger partial charge in [0.25, 0.3) is 0 Å². The van der Waals surface area contributed by atoms with Gasteiger partial charge >= 0.3 is 0 Å². The largest absolute Gasteiger partial charge is 0.309 e. The summed E-state index contributed by atoms with van der Waals surface area (Å²) in [6.07, 6.45) is 1.12. The zero-order valence-electron chi connectivity index (χ0n) is 10.2. The Morgan fingerprint density at radius 3 is 2.21 bits per heavy atom. The fourth-order valence-corrected chi connectivity index (χ4v) is 1.47. The molecule has 0 amide bonds. The standard InChI is InChI=1S/C11H24N2O/c1-6-13(10(2)11(3)14)9-7-8-12(4)5/h10H,6-9H2,1-5H3. The third kappa shape index (κ3) is 5.35. The van der Waals surface area contributed by atoms with Crippen LogP contribution in [0.2, 0.25) is 0 Å². The summed E-state index contributed by atoms with van der Waals surface area (Å²) in [5.74, 6) is 0.261. The van der Waals surface area contributed by atoms with Crippen LogP contribution in [0.15, 0.2) is 0 Å². The van der Waals surface area contributed by atoms with E-state index in [0.717, 1.165) is 26.1 Å². The second-order valence-corrected chi connectivity index (χ2v) is 4.07. The highest BCUT2D eigenvalue weighted by atomic mass is 16.1. The number of hydrogen-bond donors (Lipinski definition) is 0. The van der Waals surface area contributed by atoms with Gasteiger partial charge in [0.2, 0.25) is 0 Å². The molecule has 0 radical (unpaired) electrons. The van der Waals surface area contributed by atoms with Crippen LogP contribution < -0.4 is 0 Å².